The van der Waals surface area contributed by atoms with Crippen LogP contribution in [-0.2, 0) is 11.0 Å². The van der Waals surface area contributed by atoms with Crippen molar-refractivity contribution in [3.63, 3.8) is 0 Å². The number of aromatic nitrogens is 3. The quantitative estimate of drug-likeness (QED) is 0.839. The molecule has 1 heterocycles. The molecular formula is C13H10BrF3N4O. The summed E-state index contributed by atoms with van der Waals surface area (Å²) in [7, 11) is 0. The van der Waals surface area contributed by atoms with Crippen LogP contribution in [-0.4, -0.2) is 20.7 Å². The van der Waals surface area contributed by atoms with Crippen molar-refractivity contribution in [1.29, 1.82) is 0 Å². The minimum absolute atomic E-state index is 0.0594. The second-order valence-corrected chi connectivity index (χ2v) is 5.33. The Kier molecular flexibility index (Phi) is 4.36. The Morgan fingerprint density at radius 1 is 1.36 bits per heavy atom. The fourth-order valence-corrected chi connectivity index (χ4v) is 1.93. The first kappa shape index (κ1) is 16.2. The summed E-state index contributed by atoms with van der Waals surface area (Å²) in [5.41, 5.74) is 4.95. The molecule has 0 unspecified atom stereocenters. The first-order valence-corrected chi connectivity index (χ1v) is 6.73. The van der Waals surface area contributed by atoms with Crippen LogP contribution in [0.2, 0.25) is 0 Å². The summed E-state index contributed by atoms with van der Waals surface area (Å²) < 4.78 is 39.7. The van der Waals surface area contributed by atoms with Crippen LogP contribution >= 0.6 is 15.9 Å². The lowest BCUT2D eigenvalue weighted by molar-refractivity contribution is -0.137. The van der Waals surface area contributed by atoms with E-state index in [1.54, 1.807) is 13.0 Å². The largest absolute Gasteiger partial charge is 0.416 e. The van der Waals surface area contributed by atoms with E-state index in [0.29, 0.717) is 5.56 Å². The van der Waals surface area contributed by atoms with Gasteiger partial charge in [0.05, 0.1) is 11.8 Å². The number of halogens is 4. The Morgan fingerprint density at radius 2 is 2.05 bits per heavy atom. The Morgan fingerprint density at radius 3 is 2.64 bits per heavy atom. The SMILES string of the molecule is Cc1cc(-c2ncn(/C=C(\Br)C(N)=O)n2)cc(C(F)(F)F)c1. The number of aryl methyl sites for hydroxylation is 1. The molecule has 9 heteroatoms. The number of nitrogens with zero attached hydrogens (tertiary/aromatic N) is 3. The van der Waals surface area contributed by atoms with E-state index in [1.165, 1.54) is 17.2 Å². The number of nitrogens with two attached hydrogens (primary N) is 1. The second kappa shape index (κ2) is 5.91. The summed E-state index contributed by atoms with van der Waals surface area (Å²) in [6, 6.07) is 3.56. The third-order valence-corrected chi connectivity index (χ3v) is 3.25. The maximum Gasteiger partial charge on any atom is 0.416 e. The highest BCUT2D eigenvalue weighted by Crippen LogP contribution is 2.32. The molecule has 0 spiro atoms. The maximum atomic E-state index is 12.8. The number of alkyl halides is 3. The van der Waals surface area contributed by atoms with Gasteiger partial charge in [-0.2, -0.15) is 13.2 Å². The van der Waals surface area contributed by atoms with Gasteiger partial charge in [-0.25, -0.2) is 9.67 Å². The molecule has 0 saturated heterocycles. The highest BCUT2D eigenvalue weighted by Gasteiger charge is 2.31. The van der Waals surface area contributed by atoms with Gasteiger partial charge in [0.1, 0.15) is 10.8 Å². The van der Waals surface area contributed by atoms with Gasteiger partial charge in [0, 0.05) is 5.56 Å². The average molecular weight is 375 g/mol. The van der Waals surface area contributed by atoms with E-state index in [-0.39, 0.29) is 15.9 Å². The molecule has 0 radical (unpaired) electrons. The predicted octanol–water partition coefficient (Wildman–Crippen LogP) is 2.95. The number of benzene rings is 1. The lowest BCUT2D eigenvalue weighted by Crippen LogP contribution is -2.10. The number of carbonyl (C=O) groups is 1. The van der Waals surface area contributed by atoms with Crippen LogP contribution in [0.4, 0.5) is 13.2 Å². The van der Waals surface area contributed by atoms with Crippen LogP contribution in [0.25, 0.3) is 17.6 Å². The van der Waals surface area contributed by atoms with Crippen molar-refractivity contribution < 1.29 is 18.0 Å². The van der Waals surface area contributed by atoms with Crippen LogP contribution in [0.5, 0.6) is 0 Å². The summed E-state index contributed by atoms with van der Waals surface area (Å²) in [6.45, 7) is 1.55. The Balaban J connectivity index is 2.42. The molecule has 116 valence electrons. The molecule has 5 nitrogen and oxygen atoms in total. The fraction of sp³-hybridized carbons (Fsp3) is 0.154. The maximum absolute atomic E-state index is 12.8. The fourth-order valence-electron chi connectivity index (χ4n) is 1.72. The van der Waals surface area contributed by atoms with Gasteiger partial charge >= 0.3 is 6.18 Å². The molecule has 0 fully saturated rings. The van der Waals surface area contributed by atoms with Gasteiger partial charge in [-0.05, 0) is 46.6 Å². The molecule has 0 aliphatic carbocycles. The number of primary amides is 1. The average Bonchev–Trinajstić information content (AvgIpc) is 2.85. The molecule has 0 aliphatic rings. The summed E-state index contributed by atoms with van der Waals surface area (Å²) in [4.78, 5) is 14.8. The molecule has 1 aromatic heterocycles. The van der Waals surface area contributed by atoms with Crippen molar-refractivity contribution in [2.24, 2.45) is 5.73 Å². The van der Waals surface area contributed by atoms with Gasteiger partial charge in [0.15, 0.2) is 5.82 Å². The molecule has 1 amide bonds. The van der Waals surface area contributed by atoms with Gasteiger partial charge in [-0.1, -0.05) is 0 Å². The van der Waals surface area contributed by atoms with Crippen molar-refractivity contribution in [3.05, 3.63) is 40.1 Å². The number of rotatable bonds is 3. The van der Waals surface area contributed by atoms with Crippen LogP contribution in [0.3, 0.4) is 0 Å². The van der Waals surface area contributed by atoms with E-state index >= 15 is 0 Å². The first-order valence-electron chi connectivity index (χ1n) is 5.94. The van der Waals surface area contributed by atoms with Gasteiger partial charge < -0.3 is 5.73 Å². The molecule has 22 heavy (non-hydrogen) atoms. The number of hydrogen-bond acceptors (Lipinski definition) is 3. The number of hydrogen-bond donors (Lipinski definition) is 1. The molecule has 0 bridgehead atoms. The Hall–Kier alpha value is -2.16. The van der Waals surface area contributed by atoms with E-state index < -0.39 is 17.6 Å². The monoisotopic (exact) mass is 374 g/mol. The lowest BCUT2D eigenvalue weighted by atomic mass is 10.1. The van der Waals surface area contributed by atoms with Crippen LogP contribution < -0.4 is 5.73 Å². The summed E-state index contributed by atoms with van der Waals surface area (Å²) in [6.07, 6.45) is -1.92. The topological polar surface area (TPSA) is 73.8 Å². The molecule has 2 N–H and O–H groups in total. The molecule has 2 rings (SSSR count). The van der Waals surface area contributed by atoms with Crippen molar-refractivity contribution in [2.45, 2.75) is 13.1 Å². The van der Waals surface area contributed by atoms with Gasteiger partial charge in [-0.3, -0.25) is 4.79 Å². The summed E-state index contributed by atoms with van der Waals surface area (Å²) in [5.74, 6) is -0.595. The van der Waals surface area contributed by atoms with E-state index in [9.17, 15) is 18.0 Å². The zero-order valence-electron chi connectivity index (χ0n) is 11.2. The van der Waals surface area contributed by atoms with Crippen LogP contribution in [0.15, 0.2) is 29.0 Å². The van der Waals surface area contributed by atoms with E-state index in [4.69, 9.17) is 5.73 Å². The standard InChI is InChI=1S/C13H10BrF3N4O/c1-7-2-8(4-9(3-7)13(15,16)17)12-19-6-21(20-12)5-10(14)11(18)22/h2-6H,1H3,(H2,18,22)/b10-5-. The van der Waals surface area contributed by atoms with Crippen molar-refractivity contribution >= 4 is 28.0 Å². The molecule has 2 aromatic rings. The van der Waals surface area contributed by atoms with Crippen LogP contribution in [0.1, 0.15) is 11.1 Å². The highest BCUT2D eigenvalue weighted by molar-refractivity contribution is 9.12. The van der Waals surface area contributed by atoms with Crippen molar-refractivity contribution in [1.82, 2.24) is 14.8 Å². The smallest absolute Gasteiger partial charge is 0.365 e. The zero-order valence-corrected chi connectivity index (χ0v) is 12.8. The van der Waals surface area contributed by atoms with E-state index in [1.807, 2.05) is 0 Å². The van der Waals surface area contributed by atoms with Crippen LogP contribution in [0, 0.1) is 6.92 Å². The molecule has 0 saturated carbocycles. The normalized spacial score (nSPS) is 12.5. The van der Waals surface area contributed by atoms with E-state index in [0.717, 1.165) is 12.1 Å². The van der Waals surface area contributed by atoms with E-state index in [2.05, 4.69) is 26.0 Å². The zero-order chi connectivity index (χ0) is 16.5. The number of carbonyl (C=O) groups excluding carboxylic acids is 1. The molecule has 0 aliphatic heterocycles. The Labute approximate surface area is 131 Å². The summed E-state index contributed by atoms with van der Waals surface area (Å²) in [5, 5.41) is 3.99. The third kappa shape index (κ3) is 3.73. The summed E-state index contributed by atoms with van der Waals surface area (Å²) >= 11 is 2.94. The highest BCUT2D eigenvalue weighted by atomic mass is 79.9. The molecule has 0 atom stereocenters. The first-order chi connectivity index (χ1) is 10.2. The van der Waals surface area contributed by atoms with Crippen molar-refractivity contribution in [2.75, 3.05) is 0 Å². The van der Waals surface area contributed by atoms with Crippen molar-refractivity contribution in [3.8, 4) is 11.4 Å². The van der Waals surface area contributed by atoms with Gasteiger partial charge in [0.2, 0.25) is 0 Å². The minimum atomic E-state index is -4.45. The molecular weight excluding hydrogens is 365 g/mol. The molecule has 1 aromatic carbocycles. The second-order valence-electron chi connectivity index (χ2n) is 4.47. The Bertz CT molecular complexity index is 752. The minimum Gasteiger partial charge on any atom is -0.365 e. The number of amides is 1. The van der Waals surface area contributed by atoms with Gasteiger partial charge in [-0.15, -0.1) is 5.10 Å². The third-order valence-electron chi connectivity index (χ3n) is 2.65. The van der Waals surface area contributed by atoms with Gasteiger partial charge in [0.25, 0.3) is 5.91 Å². The predicted molar refractivity (Wildman–Crippen MR) is 77.6 cm³/mol. The lowest BCUT2D eigenvalue weighted by Gasteiger charge is -2.09.